The number of rotatable bonds is 7. The van der Waals surface area contributed by atoms with E-state index in [0.717, 1.165) is 56.2 Å². The van der Waals surface area contributed by atoms with Gasteiger partial charge in [-0.15, -0.1) is 0 Å². The van der Waals surface area contributed by atoms with Crippen LogP contribution in [0.5, 0.6) is 0 Å². The van der Waals surface area contributed by atoms with Gasteiger partial charge in [-0.3, -0.25) is 25.9 Å². The Morgan fingerprint density at radius 3 is 2.67 bits per heavy atom. The summed E-state index contributed by atoms with van der Waals surface area (Å²) < 4.78 is 2.23. The highest BCUT2D eigenvalue weighted by atomic mass is 35.5. The number of hydrogen-bond acceptors (Lipinski definition) is 7. The van der Waals surface area contributed by atoms with Gasteiger partial charge in [-0.1, -0.05) is 31.4 Å². The van der Waals surface area contributed by atoms with Gasteiger partial charge in [0.05, 0.1) is 21.7 Å². The third-order valence-corrected chi connectivity index (χ3v) is 8.48. The molecule has 4 heterocycles. The first kappa shape index (κ1) is 27.3. The Morgan fingerprint density at radius 2 is 1.97 bits per heavy atom. The fourth-order valence-electron chi connectivity index (χ4n) is 5.91. The number of imidazole rings is 1. The van der Waals surface area contributed by atoms with E-state index in [0.29, 0.717) is 34.3 Å². The fraction of sp³-hybridized carbons (Fsp3) is 0.536. The Labute approximate surface area is 233 Å². The molecule has 0 aromatic carbocycles. The molecule has 1 aliphatic carbocycles. The van der Waals surface area contributed by atoms with Gasteiger partial charge < -0.3 is 14.4 Å². The smallest absolute Gasteiger partial charge is 0.245 e. The number of aromatic nitrogens is 4. The molecule has 3 N–H and O–H groups in total. The van der Waals surface area contributed by atoms with Crippen LogP contribution < -0.4 is 10.4 Å². The van der Waals surface area contributed by atoms with Crippen molar-refractivity contribution >= 4 is 40.3 Å². The zero-order valence-corrected chi connectivity index (χ0v) is 23.6. The van der Waals surface area contributed by atoms with E-state index in [-0.39, 0.29) is 23.5 Å². The molecule has 5 rings (SSSR count). The van der Waals surface area contributed by atoms with Crippen LogP contribution in [0.1, 0.15) is 58.1 Å². The van der Waals surface area contributed by atoms with E-state index in [4.69, 9.17) is 27.0 Å². The number of amidine groups is 1. The average Bonchev–Trinajstić information content (AvgIpc) is 3.57. The first-order valence-corrected chi connectivity index (χ1v) is 14.2. The van der Waals surface area contributed by atoms with E-state index < -0.39 is 0 Å². The summed E-state index contributed by atoms with van der Waals surface area (Å²) in [4.78, 5) is 31.5. The second kappa shape index (κ2) is 11.5. The third kappa shape index (κ3) is 5.45. The van der Waals surface area contributed by atoms with Crippen molar-refractivity contribution in [3.8, 4) is 11.3 Å². The summed E-state index contributed by atoms with van der Waals surface area (Å²) in [5.41, 5.74) is 4.92. The molecule has 11 heteroatoms. The van der Waals surface area contributed by atoms with Crippen LogP contribution in [0.4, 0.5) is 5.95 Å². The SMILES string of the molecule is CCN(C)C(=O)[C@@H]1CCCN1c1nc2cc(C(=N)NO)nc(-c3cncc(Cl)c3)c2n1C[C@H]1CC[C@H](C)CC1. The molecule has 1 saturated carbocycles. The van der Waals surface area contributed by atoms with E-state index in [1.807, 2.05) is 19.5 Å². The van der Waals surface area contributed by atoms with Crippen LogP contribution in [0.15, 0.2) is 24.5 Å². The molecule has 0 spiro atoms. The average molecular weight is 553 g/mol. The minimum absolute atomic E-state index is 0.101. The Kier molecular flexibility index (Phi) is 8.04. The lowest BCUT2D eigenvalue weighted by Gasteiger charge is -2.31. The summed E-state index contributed by atoms with van der Waals surface area (Å²) in [5.74, 6) is 1.84. The van der Waals surface area contributed by atoms with Crippen molar-refractivity contribution in [2.24, 2.45) is 11.8 Å². The van der Waals surface area contributed by atoms with E-state index in [9.17, 15) is 10.0 Å². The number of fused-ring (bicyclic) bond motifs is 1. The van der Waals surface area contributed by atoms with Gasteiger partial charge in [0, 0.05) is 44.6 Å². The van der Waals surface area contributed by atoms with Gasteiger partial charge in [-0.25, -0.2) is 9.97 Å². The van der Waals surface area contributed by atoms with Crippen molar-refractivity contribution < 1.29 is 10.0 Å². The van der Waals surface area contributed by atoms with Crippen molar-refractivity contribution in [2.45, 2.75) is 65.0 Å². The van der Waals surface area contributed by atoms with Crippen molar-refractivity contribution in [3.63, 3.8) is 0 Å². The van der Waals surface area contributed by atoms with Gasteiger partial charge in [0.1, 0.15) is 11.7 Å². The number of pyridine rings is 2. The van der Waals surface area contributed by atoms with Crippen molar-refractivity contribution in [1.82, 2.24) is 29.9 Å². The second-order valence-electron chi connectivity index (χ2n) is 11.0. The monoisotopic (exact) mass is 552 g/mol. The number of carbonyl (C=O) groups is 1. The highest BCUT2D eigenvalue weighted by Gasteiger charge is 2.36. The van der Waals surface area contributed by atoms with Gasteiger partial charge in [0.15, 0.2) is 5.84 Å². The molecule has 10 nitrogen and oxygen atoms in total. The summed E-state index contributed by atoms with van der Waals surface area (Å²) in [6.45, 7) is 6.45. The minimum atomic E-state index is -0.280. The van der Waals surface area contributed by atoms with E-state index in [1.165, 1.54) is 12.8 Å². The molecular formula is C28H37ClN8O2. The topological polar surface area (TPSA) is 123 Å². The Morgan fingerprint density at radius 1 is 1.21 bits per heavy atom. The van der Waals surface area contributed by atoms with Crippen molar-refractivity contribution in [1.29, 1.82) is 5.41 Å². The highest BCUT2D eigenvalue weighted by Crippen LogP contribution is 2.38. The quantitative estimate of drug-likeness (QED) is 0.220. The standard InChI is InChI=1S/C28H37ClN8O2/c1-4-35(3)27(38)23-6-5-11-36(23)28-33-21-13-22(26(30)34-39)32-24(19-12-20(29)15-31-14-19)25(21)37(28)16-18-9-7-17(2)8-10-18/h12-15,17-18,23,39H,4-11,16H2,1-3H3,(H2,30,34)/t17-,18-,23-/m0/s1. The molecule has 1 atom stereocenters. The van der Waals surface area contributed by atoms with Crippen LogP contribution >= 0.6 is 11.6 Å². The number of carbonyl (C=O) groups excluding carboxylic acids is 1. The molecule has 2 fully saturated rings. The van der Waals surface area contributed by atoms with Crippen molar-refractivity contribution in [3.05, 3.63) is 35.2 Å². The lowest BCUT2D eigenvalue weighted by atomic mass is 9.83. The predicted molar refractivity (Wildman–Crippen MR) is 152 cm³/mol. The normalized spacial score (nSPS) is 21.4. The van der Waals surface area contributed by atoms with Gasteiger partial charge in [-0.05, 0) is 56.6 Å². The van der Waals surface area contributed by atoms with Crippen LogP contribution in [0.3, 0.4) is 0 Å². The zero-order chi connectivity index (χ0) is 27.7. The van der Waals surface area contributed by atoms with Gasteiger partial charge in [0.2, 0.25) is 11.9 Å². The highest BCUT2D eigenvalue weighted by molar-refractivity contribution is 6.30. The fourth-order valence-corrected chi connectivity index (χ4v) is 6.08. The number of halogens is 1. The Balaban J connectivity index is 1.71. The number of amides is 1. The first-order valence-electron chi connectivity index (χ1n) is 13.8. The van der Waals surface area contributed by atoms with Crippen LogP contribution in [-0.4, -0.2) is 67.5 Å². The molecule has 0 unspecified atom stereocenters. The number of likely N-dealkylation sites (N-methyl/N-ethyl adjacent to an activating group) is 1. The Bertz CT molecular complexity index is 1370. The summed E-state index contributed by atoms with van der Waals surface area (Å²) in [5, 5.41) is 18.2. The Hall–Kier alpha value is -3.24. The van der Waals surface area contributed by atoms with Gasteiger partial charge >= 0.3 is 0 Å². The largest absolute Gasteiger partial charge is 0.344 e. The van der Waals surface area contributed by atoms with E-state index >= 15 is 0 Å². The van der Waals surface area contributed by atoms with Gasteiger partial charge in [0.25, 0.3) is 0 Å². The summed E-state index contributed by atoms with van der Waals surface area (Å²) in [7, 11) is 1.85. The van der Waals surface area contributed by atoms with E-state index in [2.05, 4.69) is 21.4 Å². The third-order valence-electron chi connectivity index (χ3n) is 8.27. The molecule has 39 heavy (non-hydrogen) atoms. The molecule has 1 aliphatic heterocycles. The molecule has 208 valence electrons. The lowest BCUT2D eigenvalue weighted by Crippen LogP contribution is -2.45. The molecule has 3 aromatic heterocycles. The van der Waals surface area contributed by atoms with Gasteiger partial charge in [-0.2, -0.15) is 0 Å². The lowest BCUT2D eigenvalue weighted by molar-refractivity contribution is -0.130. The maximum Gasteiger partial charge on any atom is 0.245 e. The van der Waals surface area contributed by atoms with Crippen molar-refractivity contribution in [2.75, 3.05) is 25.0 Å². The van der Waals surface area contributed by atoms with Crippen LogP contribution in [0, 0.1) is 17.2 Å². The summed E-state index contributed by atoms with van der Waals surface area (Å²) in [6.07, 6.45) is 9.63. The number of hydroxylamine groups is 1. The van der Waals surface area contributed by atoms with Crippen LogP contribution in [0.2, 0.25) is 5.02 Å². The first-order chi connectivity index (χ1) is 18.8. The minimum Gasteiger partial charge on any atom is -0.344 e. The number of hydrogen-bond donors (Lipinski definition) is 3. The predicted octanol–water partition coefficient (Wildman–Crippen LogP) is 4.72. The number of nitrogens with one attached hydrogen (secondary N) is 2. The maximum atomic E-state index is 13.4. The number of anilines is 1. The summed E-state index contributed by atoms with van der Waals surface area (Å²) >= 11 is 6.33. The van der Waals surface area contributed by atoms with Crippen LogP contribution in [0.25, 0.3) is 22.3 Å². The molecule has 1 amide bonds. The maximum absolute atomic E-state index is 13.4. The molecule has 1 saturated heterocycles. The molecule has 2 aliphatic rings. The van der Waals surface area contributed by atoms with Crippen LogP contribution in [-0.2, 0) is 11.3 Å². The molecule has 3 aromatic rings. The summed E-state index contributed by atoms with van der Waals surface area (Å²) in [6, 6.07) is 3.24. The molecule has 0 radical (unpaired) electrons. The second-order valence-corrected chi connectivity index (χ2v) is 11.4. The molecule has 0 bridgehead atoms. The molecular weight excluding hydrogens is 516 g/mol. The number of nitrogens with zero attached hydrogens (tertiary/aromatic N) is 6. The van der Waals surface area contributed by atoms with E-state index in [1.54, 1.807) is 29.4 Å². The zero-order valence-electron chi connectivity index (χ0n) is 22.8.